The standard InChI is InChI=1S/C16H19F3O3/c1-14(2)10-15(6-7-22-14,9-13(20)21)11-4-3-5-12(8-11)16(17,18)19/h3-5,8H,6-7,9-10H2,1-2H3,(H,20,21)/p-1/t15-/m0/s1. The fourth-order valence-electron chi connectivity index (χ4n) is 3.28. The van der Waals surface area contributed by atoms with Crippen LogP contribution in [0.15, 0.2) is 24.3 Å². The van der Waals surface area contributed by atoms with Crippen LogP contribution in [-0.4, -0.2) is 18.2 Å². The number of hydrogen-bond acceptors (Lipinski definition) is 3. The third-order valence-corrected chi connectivity index (χ3v) is 4.12. The van der Waals surface area contributed by atoms with Gasteiger partial charge in [-0.3, -0.25) is 0 Å². The largest absolute Gasteiger partial charge is 0.550 e. The Balaban J connectivity index is 2.48. The molecule has 0 aromatic heterocycles. The molecule has 1 heterocycles. The van der Waals surface area contributed by atoms with Gasteiger partial charge in [-0.05, 0) is 44.7 Å². The van der Waals surface area contributed by atoms with Gasteiger partial charge in [0.1, 0.15) is 0 Å². The molecule has 1 fully saturated rings. The van der Waals surface area contributed by atoms with Crippen LogP contribution in [0, 0.1) is 0 Å². The molecule has 0 spiro atoms. The van der Waals surface area contributed by atoms with Crippen LogP contribution in [0.4, 0.5) is 13.2 Å². The summed E-state index contributed by atoms with van der Waals surface area (Å²) in [5.74, 6) is -1.27. The van der Waals surface area contributed by atoms with E-state index >= 15 is 0 Å². The van der Waals surface area contributed by atoms with Crippen molar-refractivity contribution < 1.29 is 27.8 Å². The van der Waals surface area contributed by atoms with Crippen molar-refractivity contribution in [2.45, 2.75) is 50.3 Å². The smallest absolute Gasteiger partial charge is 0.416 e. The summed E-state index contributed by atoms with van der Waals surface area (Å²) in [5, 5.41) is 11.2. The molecule has 0 saturated carbocycles. The minimum atomic E-state index is -4.46. The van der Waals surface area contributed by atoms with Crippen molar-refractivity contribution >= 4 is 5.97 Å². The SMILES string of the molecule is CC1(C)C[C@](CC(=O)[O-])(c2cccc(C(F)(F)F)c2)CCO1. The van der Waals surface area contributed by atoms with Crippen LogP contribution < -0.4 is 5.11 Å². The van der Waals surface area contributed by atoms with Crippen LogP contribution in [0.5, 0.6) is 0 Å². The van der Waals surface area contributed by atoms with E-state index in [1.165, 1.54) is 6.07 Å². The van der Waals surface area contributed by atoms with Gasteiger partial charge in [0.2, 0.25) is 0 Å². The fourth-order valence-corrected chi connectivity index (χ4v) is 3.28. The topological polar surface area (TPSA) is 49.4 Å². The molecule has 1 aliphatic heterocycles. The summed E-state index contributed by atoms with van der Waals surface area (Å²) in [4.78, 5) is 11.2. The lowest BCUT2D eigenvalue weighted by atomic mass is 9.67. The molecule has 1 aromatic rings. The number of rotatable bonds is 3. The summed E-state index contributed by atoms with van der Waals surface area (Å²) >= 11 is 0. The van der Waals surface area contributed by atoms with Gasteiger partial charge in [-0.2, -0.15) is 13.2 Å². The molecule has 1 aromatic carbocycles. The number of carbonyl (C=O) groups excluding carboxylic acids is 1. The number of halogens is 3. The van der Waals surface area contributed by atoms with Gasteiger partial charge in [-0.15, -0.1) is 0 Å². The van der Waals surface area contributed by atoms with Crippen LogP contribution in [0.3, 0.4) is 0 Å². The summed E-state index contributed by atoms with van der Waals surface area (Å²) in [6, 6.07) is 4.91. The minimum Gasteiger partial charge on any atom is -0.550 e. The van der Waals surface area contributed by atoms with E-state index in [1.807, 2.05) is 13.8 Å². The average molecular weight is 315 g/mol. The number of hydrogen-bond donors (Lipinski definition) is 0. The molecule has 0 N–H and O–H groups in total. The molecule has 1 atom stereocenters. The molecule has 1 saturated heterocycles. The lowest BCUT2D eigenvalue weighted by molar-refractivity contribution is -0.308. The molecule has 0 unspecified atom stereocenters. The number of ether oxygens (including phenoxy) is 1. The summed E-state index contributed by atoms with van der Waals surface area (Å²) in [6.07, 6.45) is -4.10. The van der Waals surface area contributed by atoms with E-state index in [1.54, 1.807) is 6.07 Å². The zero-order valence-electron chi connectivity index (χ0n) is 12.5. The Morgan fingerprint density at radius 2 is 2.05 bits per heavy atom. The molecule has 0 radical (unpaired) electrons. The summed E-state index contributed by atoms with van der Waals surface area (Å²) in [5.41, 5.74) is -1.89. The highest BCUT2D eigenvalue weighted by molar-refractivity contribution is 5.67. The first-order valence-electron chi connectivity index (χ1n) is 7.06. The molecule has 1 aliphatic rings. The highest BCUT2D eigenvalue weighted by atomic mass is 19.4. The lowest BCUT2D eigenvalue weighted by Crippen LogP contribution is -2.47. The number of carbonyl (C=O) groups is 1. The number of carboxylic acids is 1. The normalized spacial score (nSPS) is 25.0. The second kappa shape index (κ2) is 5.57. The van der Waals surface area contributed by atoms with Gasteiger partial charge < -0.3 is 14.6 Å². The first-order chi connectivity index (χ1) is 10.0. The Morgan fingerprint density at radius 1 is 1.36 bits per heavy atom. The van der Waals surface area contributed by atoms with Crippen LogP contribution in [0.1, 0.15) is 44.2 Å². The van der Waals surface area contributed by atoms with E-state index in [-0.39, 0.29) is 6.42 Å². The molecule has 3 nitrogen and oxygen atoms in total. The van der Waals surface area contributed by atoms with Gasteiger partial charge in [-0.25, -0.2) is 0 Å². The third kappa shape index (κ3) is 3.61. The van der Waals surface area contributed by atoms with Gasteiger partial charge in [0.15, 0.2) is 0 Å². The predicted octanol–water partition coefficient (Wildman–Crippen LogP) is 2.67. The third-order valence-electron chi connectivity index (χ3n) is 4.12. The lowest BCUT2D eigenvalue weighted by Gasteiger charge is -2.45. The Kier molecular flexibility index (Phi) is 4.26. The Bertz CT molecular complexity index is 566. The molecule has 0 aliphatic carbocycles. The molecule has 0 bridgehead atoms. The number of aliphatic carboxylic acids is 1. The van der Waals surface area contributed by atoms with Crippen molar-refractivity contribution in [2.75, 3.05) is 6.61 Å². The van der Waals surface area contributed by atoms with E-state index in [2.05, 4.69) is 0 Å². The van der Waals surface area contributed by atoms with Crippen molar-refractivity contribution in [1.29, 1.82) is 0 Å². The minimum absolute atomic E-state index is 0.302. The quantitative estimate of drug-likeness (QED) is 0.861. The predicted molar refractivity (Wildman–Crippen MR) is 72.0 cm³/mol. The Morgan fingerprint density at radius 3 is 2.59 bits per heavy atom. The Hall–Kier alpha value is -1.56. The molecule has 122 valence electrons. The second-order valence-corrected chi connectivity index (χ2v) is 6.44. The zero-order valence-corrected chi connectivity index (χ0v) is 12.5. The van der Waals surface area contributed by atoms with Crippen molar-refractivity contribution in [2.24, 2.45) is 0 Å². The van der Waals surface area contributed by atoms with Gasteiger partial charge in [0.25, 0.3) is 0 Å². The fraction of sp³-hybridized carbons (Fsp3) is 0.562. The highest BCUT2D eigenvalue weighted by Crippen LogP contribution is 2.45. The summed E-state index contributed by atoms with van der Waals surface area (Å²) in [6.45, 7) is 3.92. The molecule has 0 amide bonds. The van der Waals surface area contributed by atoms with Gasteiger partial charge in [0.05, 0.1) is 11.2 Å². The van der Waals surface area contributed by atoms with E-state index in [0.29, 0.717) is 25.0 Å². The van der Waals surface area contributed by atoms with E-state index in [4.69, 9.17) is 4.74 Å². The van der Waals surface area contributed by atoms with Gasteiger partial charge in [0, 0.05) is 18.0 Å². The number of benzene rings is 1. The van der Waals surface area contributed by atoms with E-state index in [0.717, 1.165) is 12.1 Å². The maximum Gasteiger partial charge on any atom is 0.416 e. The van der Waals surface area contributed by atoms with Gasteiger partial charge >= 0.3 is 6.18 Å². The van der Waals surface area contributed by atoms with Crippen molar-refractivity contribution in [3.05, 3.63) is 35.4 Å². The second-order valence-electron chi connectivity index (χ2n) is 6.44. The monoisotopic (exact) mass is 315 g/mol. The summed E-state index contributed by atoms with van der Waals surface area (Å²) in [7, 11) is 0. The highest BCUT2D eigenvalue weighted by Gasteiger charge is 2.43. The first-order valence-corrected chi connectivity index (χ1v) is 7.06. The van der Waals surface area contributed by atoms with E-state index < -0.39 is 28.7 Å². The first kappa shape index (κ1) is 16.8. The van der Waals surface area contributed by atoms with Crippen LogP contribution in [-0.2, 0) is 21.1 Å². The van der Waals surface area contributed by atoms with Crippen molar-refractivity contribution in [1.82, 2.24) is 0 Å². The maximum atomic E-state index is 12.9. The van der Waals surface area contributed by atoms with Crippen LogP contribution in [0.2, 0.25) is 0 Å². The molecular weight excluding hydrogens is 297 g/mol. The van der Waals surface area contributed by atoms with Gasteiger partial charge in [-0.1, -0.05) is 18.2 Å². The van der Waals surface area contributed by atoms with E-state index in [9.17, 15) is 23.1 Å². The molecule has 6 heteroatoms. The molecule has 2 rings (SSSR count). The zero-order chi connectivity index (χ0) is 16.6. The maximum absolute atomic E-state index is 12.9. The number of carboxylic acid groups (broad SMARTS) is 1. The summed E-state index contributed by atoms with van der Waals surface area (Å²) < 4.78 is 44.3. The van der Waals surface area contributed by atoms with Crippen molar-refractivity contribution in [3.63, 3.8) is 0 Å². The number of alkyl halides is 3. The molecule has 22 heavy (non-hydrogen) atoms. The van der Waals surface area contributed by atoms with Crippen LogP contribution >= 0.6 is 0 Å². The molecular formula is C16H18F3O3-. The average Bonchev–Trinajstić information content (AvgIpc) is 2.36. The Labute approximate surface area is 127 Å². The van der Waals surface area contributed by atoms with Crippen molar-refractivity contribution in [3.8, 4) is 0 Å². The van der Waals surface area contributed by atoms with Crippen LogP contribution in [0.25, 0.3) is 0 Å².